The Bertz CT molecular complexity index is 813. The lowest BCUT2D eigenvalue weighted by atomic mass is 10.0. The Hall–Kier alpha value is -2.82. The number of hydrogen-bond donors (Lipinski definition) is 1. The summed E-state index contributed by atoms with van der Waals surface area (Å²) in [5.41, 5.74) is 6.69. The number of benzene rings is 2. The molecule has 5 heteroatoms. The molecule has 0 radical (unpaired) electrons. The molecule has 0 aliphatic heterocycles. The third-order valence-corrected chi connectivity index (χ3v) is 3.88. The number of aryl methyl sites for hydroxylation is 2. The molecule has 1 N–H and O–H groups in total. The fraction of sp³-hybridized carbons (Fsp3) is 0.364. The molecule has 0 aliphatic carbocycles. The number of carbonyl (C=O) groups is 1. The summed E-state index contributed by atoms with van der Waals surface area (Å²) in [6.45, 7) is 10.5. The van der Waals surface area contributed by atoms with Gasteiger partial charge >= 0.3 is 0 Å². The van der Waals surface area contributed by atoms with E-state index in [2.05, 4.69) is 16.6 Å². The van der Waals surface area contributed by atoms with Crippen LogP contribution in [0, 0.1) is 13.8 Å². The van der Waals surface area contributed by atoms with Crippen LogP contribution in [-0.2, 0) is 11.2 Å². The minimum absolute atomic E-state index is 0.0632. The van der Waals surface area contributed by atoms with Gasteiger partial charge in [-0.2, -0.15) is 5.10 Å². The van der Waals surface area contributed by atoms with Crippen molar-refractivity contribution in [2.24, 2.45) is 5.10 Å². The minimum Gasteiger partial charge on any atom is -0.490 e. The normalized spacial score (nSPS) is 11.0. The van der Waals surface area contributed by atoms with Crippen molar-refractivity contribution < 1.29 is 14.3 Å². The molecule has 2 aromatic rings. The summed E-state index contributed by atoms with van der Waals surface area (Å²) in [6, 6.07) is 11.6. The first-order valence-electron chi connectivity index (χ1n) is 9.20. The van der Waals surface area contributed by atoms with Crippen LogP contribution >= 0.6 is 0 Å². The van der Waals surface area contributed by atoms with Crippen LogP contribution < -0.4 is 14.9 Å². The second-order valence-corrected chi connectivity index (χ2v) is 6.71. The number of rotatable bonds is 8. The molecule has 5 nitrogen and oxygen atoms in total. The van der Waals surface area contributed by atoms with E-state index in [0.29, 0.717) is 24.5 Å². The van der Waals surface area contributed by atoms with Gasteiger partial charge in [0.25, 0.3) is 0 Å². The molecule has 0 saturated heterocycles. The van der Waals surface area contributed by atoms with Crippen LogP contribution in [0.3, 0.4) is 0 Å². The lowest BCUT2D eigenvalue weighted by molar-refractivity contribution is -0.120. The average molecular weight is 368 g/mol. The lowest BCUT2D eigenvalue weighted by Gasteiger charge is -2.14. The first kappa shape index (κ1) is 20.5. The molecule has 2 aromatic carbocycles. The van der Waals surface area contributed by atoms with Gasteiger partial charge in [-0.1, -0.05) is 23.8 Å². The Balaban J connectivity index is 2.00. The fourth-order valence-corrected chi connectivity index (χ4v) is 2.66. The maximum absolute atomic E-state index is 12.1. The summed E-state index contributed by atoms with van der Waals surface area (Å²) in [4.78, 5) is 12.1. The molecule has 27 heavy (non-hydrogen) atoms. The molecular weight excluding hydrogens is 340 g/mol. The van der Waals surface area contributed by atoms with Crippen molar-refractivity contribution in [1.82, 2.24) is 5.43 Å². The number of amides is 1. The second-order valence-electron chi connectivity index (χ2n) is 6.71. The van der Waals surface area contributed by atoms with Gasteiger partial charge in [-0.25, -0.2) is 5.43 Å². The Kier molecular flexibility index (Phi) is 7.41. The van der Waals surface area contributed by atoms with Gasteiger partial charge in [-0.15, -0.1) is 0 Å². The van der Waals surface area contributed by atoms with Crippen molar-refractivity contribution >= 4 is 12.1 Å². The van der Waals surface area contributed by atoms with Crippen molar-refractivity contribution in [2.45, 2.75) is 47.1 Å². The zero-order valence-corrected chi connectivity index (χ0v) is 16.7. The van der Waals surface area contributed by atoms with Crippen molar-refractivity contribution in [3.05, 3.63) is 58.7 Å². The van der Waals surface area contributed by atoms with Gasteiger partial charge in [-0.05, 0) is 69.5 Å². The zero-order valence-electron chi connectivity index (χ0n) is 16.7. The first-order chi connectivity index (χ1) is 12.9. The van der Waals surface area contributed by atoms with Gasteiger partial charge in [0.1, 0.15) is 0 Å². The van der Waals surface area contributed by atoms with E-state index in [9.17, 15) is 4.79 Å². The summed E-state index contributed by atoms with van der Waals surface area (Å²) < 4.78 is 11.4. The van der Waals surface area contributed by atoms with Gasteiger partial charge in [0.15, 0.2) is 11.5 Å². The number of ether oxygens (including phenoxy) is 2. The topological polar surface area (TPSA) is 59.9 Å². The predicted molar refractivity (Wildman–Crippen MR) is 109 cm³/mol. The molecule has 0 unspecified atom stereocenters. The summed E-state index contributed by atoms with van der Waals surface area (Å²) in [7, 11) is 0. The van der Waals surface area contributed by atoms with Crippen molar-refractivity contribution in [1.29, 1.82) is 0 Å². The molecule has 0 aliphatic rings. The van der Waals surface area contributed by atoms with Crippen LogP contribution in [-0.4, -0.2) is 24.8 Å². The van der Waals surface area contributed by atoms with Crippen LogP contribution in [0.25, 0.3) is 0 Å². The van der Waals surface area contributed by atoms with Gasteiger partial charge < -0.3 is 9.47 Å². The smallest absolute Gasteiger partial charge is 0.244 e. The second kappa shape index (κ2) is 9.76. The van der Waals surface area contributed by atoms with Crippen molar-refractivity contribution in [3.63, 3.8) is 0 Å². The van der Waals surface area contributed by atoms with Crippen LogP contribution in [0.15, 0.2) is 41.5 Å². The molecule has 1 amide bonds. The van der Waals surface area contributed by atoms with E-state index in [1.54, 1.807) is 6.21 Å². The lowest BCUT2D eigenvalue weighted by Crippen LogP contribution is -2.20. The van der Waals surface area contributed by atoms with E-state index in [1.165, 1.54) is 5.56 Å². The molecule has 0 fully saturated rings. The van der Waals surface area contributed by atoms with E-state index in [4.69, 9.17) is 9.47 Å². The van der Waals surface area contributed by atoms with Gasteiger partial charge in [0.05, 0.1) is 25.3 Å². The van der Waals surface area contributed by atoms with E-state index >= 15 is 0 Å². The van der Waals surface area contributed by atoms with E-state index in [-0.39, 0.29) is 12.0 Å². The molecule has 0 aromatic heterocycles. The van der Waals surface area contributed by atoms with Crippen molar-refractivity contribution in [2.75, 3.05) is 6.61 Å². The highest BCUT2D eigenvalue weighted by Gasteiger charge is 2.08. The molecule has 0 atom stereocenters. The molecule has 0 heterocycles. The molecule has 144 valence electrons. The van der Waals surface area contributed by atoms with Crippen molar-refractivity contribution in [3.8, 4) is 11.5 Å². The minimum atomic E-state index is -0.150. The molecule has 2 rings (SSSR count). The number of nitrogens with one attached hydrogen (secondary N) is 1. The average Bonchev–Trinajstić information content (AvgIpc) is 2.59. The Morgan fingerprint density at radius 3 is 2.59 bits per heavy atom. The van der Waals surface area contributed by atoms with Crippen LogP contribution in [0.2, 0.25) is 0 Å². The molecule has 0 bridgehead atoms. The van der Waals surface area contributed by atoms with Gasteiger partial charge in [0, 0.05) is 0 Å². The standard InChI is InChI=1S/C22H28N2O3/c1-6-26-21-12-18(8-10-20(21)27-15(2)3)14-23-24-22(25)13-19-9-7-16(4)11-17(19)5/h7-12,14-15H,6,13H2,1-5H3,(H,24,25)/b23-14-. The Morgan fingerprint density at radius 2 is 1.93 bits per heavy atom. The summed E-state index contributed by atoms with van der Waals surface area (Å²) >= 11 is 0. The monoisotopic (exact) mass is 368 g/mol. The van der Waals surface area contributed by atoms with Gasteiger partial charge in [-0.3, -0.25) is 4.79 Å². The van der Waals surface area contributed by atoms with Gasteiger partial charge in [0.2, 0.25) is 5.91 Å². The summed E-state index contributed by atoms with van der Waals surface area (Å²) in [5.74, 6) is 1.21. The third kappa shape index (κ3) is 6.44. The Labute approximate surface area is 161 Å². The van der Waals surface area contributed by atoms with Crippen LogP contribution in [0.4, 0.5) is 0 Å². The zero-order chi connectivity index (χ0) is 19.8. The largest absolute Gasteiger partial charge is 0.490 e. The SMILES string of the molecule is CCOc1cc(/C=N\NC(=O)Cc2ccc(C)cc2C)ccc1OC(C)C. The third-order valence-electron chi connectivity index (χ3n) is 3.88. The summed E-state index contributed by atoms with van der Waals surface area (Å²) in [5, 5.41) is 4.06. The van der Waals surface area contributed by atoms with E-state index in [0.717, 1.165) is 16.7 Å². The highest BCUT2D eigenvalue weighted by Crippen LogP contribution is 2.28. The Morgan fingerprint density at radius 1 is 1.15 bits per heavy atom. The highest BCUT2D eigenvalue weighted by atomic mass is 16.5. The number of hydrogen-bond acceptors (Lipinski definition) is 4. The maximum Gasteiger partial charge on any atom is 0.244 e. The van der Waals surface area contributed by atoms with Crippen LogP contribution in [0.5, 0.6) is 11.5 Å². The number of hydrazone groups is 1. The molecule has 0 spiro atoms. The van der Waals surface area contributed by atoms with E-state index < -0.39 is 0 Å². The first-order valence-corrected chi connectivity index (χ1v) is 9.20. The number of carbonyl (C=O) groups excluding carboxylic acids is 1. The van der Waals surface area contributed by atoms with Crippen LogP contribution in [0.1, 0.15) is 43.0 Å². The highest BCUT2D eigenvalue weighted by molar-refractivity contribution is 5.84. The number of nitrogens with zero attached hydrogens (tertiary/aromatic N) is 1. The predicted octanol–water partition coefficient (Wildman–Crippen LogP) is 4.18. The van der Waals surface area contributed by atoms with E-state index in [1.807, 2.05) is 65.0 Å². The fourth-order valence-electron chi connectivity index (χ4n) is 2.66. The molecular formula is C22H28N2O3. The quantitative estimate of drug-likeness (QED) is 0.562. The molecule has 0 saturated carbocycles. The summed E-state index contributed by atoms with van der Waals surface area (Å²) in [6.07, 6.45) is 1.96. The maximum atomic E-state index is 12.1.